The van der Waals surface area contributed by atoms with Gasteiger partial charge >= 0.3 is 0 Å². The van der Waals surface area contributed by atoms with Crippen LogP contribution in [0.1, 0.15) is 17.0 Å². The Bertz CT molecular complexity index is 741. The monoisotopic (exact) mass is 396 g/mol. The van der Waals surface area contributed by atoms with Crippen molar-refractivity contribution in [2.24, 2.45) is 0 Å². The van der Waals surface area contributed by atoms with Crippen molar-refractivity contribution in [3.8, 4) is 5.75 Å². The standard InChI is InChI=1S/C23H32N4O2/c1-25-9-11-26(12-10-25)17-22(28)18-29-23-6-4-19(5-7-23)14-27-15-21(16-27)20-3-2-8-24-13-20/h2-8,13,21-22,28H,9-12,14-18H2,1H3/t22-/m1/s1. The molecule has 0 unspecified atom stereocenters. The number of benzene rings is 1. The van der Waals surface area contributed by atoms with Crippen LogP contribution in [0.2, 0.25) is 0 Å². The van der Waals surface area contributed by atoms with E-state index in [2.05, 4.69) is 44.9 Å². The first-order valence-electron chi connectivity index (χ1n) is 10.6. The lowest BCUT2D eigenvalue weighted by Gasteiger charge is -2.39. The molecule has 0 bridgehead atoms. The molecular weight excluding hydrogens is 364 g/mol. The molecule has 3 heterocycles. The van der Waals surface area contributed by atoms with Gasteiger partial charge in [0.15, 0.2) is 0 Å². The molecule has 0 amide bonds. The van der Waals surface area contributed by atoms with Crippen molar-refractivity contribution in [3.05, 3.63) is 59.9 Å². The SMILES string of the molecule is CN1CCN(C[C@@H](O)COc2ccc(CN3CC(c4cccnc4)C3)cc2)CC1. The molecule has 6 heteroatoms. The lowest BCUT2D eigenvalue weighted by atomic mass is 9.92. The molecule has 2 aromatic rings. The number of β-amino-alcohol motifs (C(OH)–C–C–N with tert-alkyl or cyclic N) is 1. The highest BCUT2D eigenvalue weighted by Gasteiger charge is 2.27. The molecule has 2 fully saturated rings. The molecule has 1 N–H and O–H groups in total. The number of rotatable bonds is 8. The summed E-state index contributed by atoms with van der Waals surface area (Å²) in [6.07, 6.45) is 3.35. The van der Waals surface area contributed by atoms with Gasteiger partial charge in [0, 0.05) is 70.7 Å². The molecule has 156 valence electrons. The topological polar surface area (TPSA) is 52.1 Å². The fourth-order valence-corrected chi connectivity index (χ4v) is 4.05. The molecular formula is C23H32N4O2. The largest absolute Gasteiger partial charge is 0.491 e. The number of ether oxygens (including phenoxy) is 1. The number of aliphatic hydroxyl groups is 1. The number of likely N-dealkylation sites (tertiary alicyclic amines) is 1. The summed E-state index contributed by atoms with van der Waals surface area (Å²) in [6, 6.07) is 12.4. The van der Waals surface area contributed by atoms with Crippen molar-refractivity contribution >= 4 is 0 Å². The van der Waals surface area contributed by atoms with Crippen LogP contribution in [0.5, 0.6) is 5.75 Å². The molecule has 2 saturated heterocycles. The van der Waals surface area contributed by atoms with E-state index in [1.54, 1.807) is 0 Å². The lowest BCUT2D eigenvalue weighted by molar-refractivity contribution is 0.0504. The molecule has 0 spiro atoms. The van der Waals surface area contributed by atoms with Crippen molar-refractivity contribution in [2.75, 3.05) is 59.5 Å². The molecule has 0 radical (unpaired) electrons. The summed E-state index contributed by atoms with van der Waals surface area (Å²) < 4.78 is 5.80. The minimum absolute atomic E-state index is 0.338. The summed E-state index contributed by atoms with van der Waals surface area (Å²) in [4.78, 5) is 11.3. The molecule has 29 heavy (non-hydrogen) atoms. The Kier molecular flexibility index (Phi) is 6.77. The Morgan fingerprint density at radius 2 is 1.83 bits per heavy atom. The molecule has 0 saturated carbocycles. The van der Waals surface area contributed by atoms with Crippen molar-refractivity contribution in [2.45, 2.75) is 18.6 Å². The number of piperazine rings is 1. The van der Waals surface area contributed by atoms with Gasteiger partial charge in [-0.25, -0.2) is 0 Å². The van der Waals surface area contributed by atoms with Gasteiger partial charge in [-0.1, -0.05) is 18.2 Å². The zero-order chi connectivity index (χ0) is 20.1. The van der Waals surface area contributed by atoms with E-state index < -0.39 is 6.10 Å². The van der Waals surface area contributed by atoms with Crippen molar-refractivity contribution in [3.63, 3.8) is 0 Å². The second kappa shape index (κ2) is 9.67. The molecule has 6 nitrogen and oxygen atoms in total. The number of hydrogen-bond donors (Lipinski definition) is 1. The third-order valence-electron chi connectivity index (χ3n) is 5.95. The highest BCUT2D eigenvalue weighted by atomic mass is 16.5. The van der Waals surface area contributed by atoms with E-state index in [1.807, 2.05) is 30.6 Å². The molecule has 1 aromatic carbocycles. The number of pyridine rings is 1. The van der Waals surface area contributed by atoms with E-state index in [-0.39, 0.29) is 0 Å². The fourth-order valence-electron chi connectivity index (χ4n) is 4.05. The first-order chi connectivity index (χ1) is 14.2. The number of likely N-dealkylation sites (N-methyl/N-ethyl adjacent to an activating group) is 1. The van der Waals surface area contributed by atoms with E-state index in [4.69, 9.17) is 4.74 Å². The van der Waals surface area contributed by atoms with Gasteiger partial charge in [-0.2, -0.15) is 0 Å². The fraction of sp³-hybridized carbons (Fsp3) is 0.522. The summed E-state index contributed by atoms with van der Waals surface area (Å²) in [5, 5.41) is 10.3. The molecule has 2 aliphatic heterocycles. The Morgan fingerprint density at radius 3 is 2.52 bits per heavy atom. The normalized spacial score (nSPS) is 20.3. The van der Waals surface area contributed by atoms with Gasteiger partial charge < -0.3 is 14.7 Å². The van der Waals surface area contributed by atoms with Crippen LogP contribution < -0.4 is 4.74 Å². The molecule has 0 aliphatic carbocycles. The highest BCUT2D eigenvalue weighted by Crippen LogP contribution is 2.28. The van der Waals surface area contributed by atoms with Crippen LogP contribution in [0.4, 0.5) is 0 Å². The average molecular weight is 397 g/mol. The van der Waals surface area contributed by atoms with Gasteiger partial charge in [0.1, 0.15) is 18.5 Å². The maximum absolute atomic E-state index is 10.3. The second-order valence-electron chi connectivity index (χ2n) is 8.39. The summed E-state index contributed by atoms with van der Waals surface area (Å²) in [5.41, 5.74) is 2.63. The second-order valence-corrected chi connectivity index (χ2v) is 8.39. The van der Waals surface area contributed by atoms with Gasteiger partial charge in [-0.05, 0) is 36.4 Å². The number of nitrogens with zero attached hydrogens (tertiary/aromatic N) is 4. The Morgan fingerprint density at radius 1 is 1.07 bits per heavy atom. The molecule has 4 rings (SSSR count). The highest BCUT2D eigenvalue weighted by molar-refractivity contribution is 5.28. The van der Waals surface area contributed by atoms with Gasteiger partial charge in [0.05, 0.1) is 0 Å². The van der Waals surface area contributed by atoms with Crippen molar-refractivity contribution in [1.29, 1.82) is 0 Å². The van der Waals surface area contributed by atoms with E-state index in [0.29, 0.717) is 19.1 Å². The maximum Gasteiger partial charge on any atom is 0.119 e. The van der Waals surface area contributed by atoms with E-state index >= 15 is 0 Å². The molecule has 1 aromatic heterocycles. The van der Waals surface area contributed by atoms with Crippen LogP contribution in [0.25, 0.3) is 0 Å². The summed E-state index contributed by atoms with van der Waals surface area (Å²) in [6.45, 7) is 8.31. The first kappa shape index (κ1) is 20.3. The smallest absolute Gasteiger partial charge is 0.119 e. The zero-order valence-corrected chi connectivity index (χ0v) is 17.3. The third kappa shape index (κ3) is 5.76. The average Bonchev–Trinajstić information content (AvgIpc) is 2.72. The van der Waals surface area contributed by atoms with E-state index in [0.717, 1.165) is 51.6 Å². The Hall–Kier alpha value is -1.99. The number of aliphatic hydroxyl groups excluding tert-OH is 1. The minimum Gasteiger partial charge on any atom is -0.491 e. The third-order valence-corrected chi connectivity index (χ3v) is 5.95. The van der Waals surface area contributed by atoms with Crippen molar-refractivity contribution in [1.82, 2.24) is 19.7 Å². The van der Waals surface area contributed by atoms with Crippen LogP contribution in [0, 0.1) is 0 Å². The summed E-state index contributed by atoms with van der Waals surface area (Å²) >= 11 is 0. The molecule has 2 aliphatic rings. The number of aromatic nitrogens is 1. The minimum atomic E-state index is -0.455. The van der Waals surface area contributed by atoms with E-state index in [9.17, 15) is 5.11 Å². The number of hydrogen-bond acceptors (Lipinski definition) is 6. The lowest BCUT2D eigenvalue weighted by Crippen LogP contribution is -2.47. The van der Waals surface area contributed by atoms with Gasteiger partial charge in [-0.3, -0.25) is 14.8 Å². The van der Waals surface area contributed by atoms with Crippen LogP contribution in [-0.2, 0) is 6.54 Å². The van der Waals surface area contributed by atoms with Gasteiger partial charge in [0.25, 0.3) is 0 Å². The quantitative estimate of drug-likeness (QED) is 0.733. The zero-order valence-electron chi connectivity index (χ0n) is 17.3. The summed E-state index contributed by atoms with van der Waals surface area (Å²) in [7, 11) is 2.14. The molecule has 1 atom stereocenters. The predicted molar refractivity (Wildman–Crippen MR) is 114 cm³/mol. The predicted octanol–water partition coefficient (Wildman–Crippen LogP) is 1.67. The van der Waals surface area contributed by atoms with Crippen LogP contribution in [-0.4, -0.2) is 90.4 Å². The summed E-state index contributed by atoms with van der Waals surface area (Å²) in [5.74, 6) is 1.43. The van der Waals surface area contributed by atoms with Crippen LogP contribution >= 0.6 is 0 Å². The maximum atomic E-state index is 10.3. The van der Waals surface area contributed by atoms with E-state index in [1.165, 1.54) is 11.1 Å². The van der Waals surface area contributed by atoms with Crippen molar-refractivity contribution < 1.29 is 9.84 Å². The Balaban J connectivity index is 1.16. The van der Waals surface area contributed by atoms with Gasteiger partial charge in [-0.15, -0.1) is 0 Å². The first-order valence-corrected chi connectivity index (χ1v) is 10.6. The van der Waals surface area contributed by atoms with Crippen LogP contribution in [0.3, 0.4) is 0 Å². The Labute approximate surface area is 173 Å². The van der Waals surface area contributed by atoms with Crippen LogP contribution in [0.15, 0.2) is 48.8 Å². The van der Waals surface area contributed by atoms with Gasteiger partial charge in [0.2, 0.25) is 0 Å².